The molecule has 0 fully saturated rings. The lowest BCUT2D eigenvalue weighted by molar-refractivity contribution is -0.115. The van der Waals surface area contributed by atoms with E-state index in [1.165, 1.54) is 23.6 Å². The highest BCUT2D eigenvalue weighted by Gasteiger charge is 2.12. The average molecular weight is 283 g/mol. The summed E-state index contributed by atoms with van der Waals surface area (Å²) in [6, 6.07) is 11.0. The van der Waals surface area contributed by atoms with Crippen LogP contribution >= 0.6 is 0 Å². The van der Waals surface area contributed by atoms with Crippen LogP contribution in [0.4, 0.5) is 10.1 Å². The Morgan fingerprint density at radius 1 is 1.14 bits per heavy atom. The number of benzene rings is 2. The summed E-state index contributed by atoms with van der Waals surface area (Å²) in [4.78, 5) is 12.0. The molecule has 0 unspecified atom stereocenters. The second kappa shape index (κ2) is 5.68. The Hall–Kier alpha value is -2.16. The van der Waals surface area contributed by atoms with E-state index in [2.05, 4.69) is 17.4 Å². The number of nitrogens with one attached hydrogen (secondary N) is 1. The zero-order valence-electron chi connectivity index (χ0n) is 12.1. The summed E-state index contributed by atoms with van der Waals surface area (Å²) in [5, 5.41) is 2.75. The highest BCUT2D eigenvalue weighted by molar-refractivity contribution is 5.92. The van der Waals surface area contributed by atoms with Gasteiger partial charge in [-0.05, 0) is 60.6 Å². The lowest BCUT2D eigenvalue weighted by Gasteiger charge is -2.08. The van der Waals surface area contributed by atoms with Crippen molar-refractivity contribution in [1.82, 2.24) is 0 Å². The smallest absolute Gasteiger partial charge is 0.228 e. The molecule has 0 bridgehead atoms. The highest BCUT2D eigenvalue weighted by atomic mass is 19.1. The van der Waals surface area contributed by atoms with Gasteiger partial charge in [-0.15, -0.1) is 0 Å². The van der Waals surface area contributed by atoms with Crippen LogP contribution in [0.2, 0.25) is 0 Å². The molecule has 0 aromatic heterocycles. The topological polar surface area (TPSA) is 29.1 Å². The molecule has 21 heavy (non-hydrogen) atoms. The summed E-state index contributed by atoms with van der Waals surface area (Å²) in [5.74, 6) is -0.415. The first-order valence-corrected chi connectivity index (χ1v) is 7.28. The van der Waals surface area contributed by atoms with Crippen LogP contribution < -0.4 is 5.32 Å². The van der Waals surface area contributed by atoms with Crippen molar-refractivity contribution in [2.24, 2.45) is 0 Å². The fourth-order valence-electron chi connectivity index (χ4n) is 2.80. The zero-order valence-corrected chi connectivity index (χ0v) is 12.1. The molecule has 0 spiro atoms. The average Bonchev–Trinajstić information content (AvgIpc) is 2.90. The molecule has 1 aliphatic carbocycles. The van der Waals surface area contributed by atoms with Crippen LogP contribution in [0.15, 0.2) is 36.4 Å². The number of anilines is 1. The molecule has 0 saturated heterocycles. The summed E-state index contributed by atoms with van der Waals surface area (Å²) < 4.78 is 13.5. The second-order valence-corrected chi connectivity index (χ2v) is 5.65. The summed E-state index contributed by atoms with van der Waals surface area (Å²) in [6.07, 6.45) is 3.77. The van der Waals surface area contributed by atoms with E-state index in [-0.39, 0.29) is 11.7 Å². The Labute approximate surface area is 124 Å². The van der Waals surface area contributed by atoms with Gasteiger partial charge >= 0.3 is 0 Å². The van der Waals surface area contributed by atoms with Gasteiger partial charge in [0.25, 0.3) is 0 Å². The van der Waals surface area contributed by atoms with Gasteiger partial charge in [-0.25, -0.2) is 4.39 Å². The fourth-order valence-corrected chi connectivity index (χ4v) is 2.80. The van der Waals surface area contributed by atoms with Crippen LogP contribution in [-0.2, 0) is 24.1 Å². The van der Waals surface area contributed by atoms with Gasteiger partial charge in [-0.3, -0.25) is 4.79 Å². The third kappa shape index (κ3) is 3.13. The monoisotopic (exact) mass is 283 g/mol. The lowest BCUT2D eigenvalue weighted by Crippen LogP contribution is -2.14. The van der Waals surface area contributed by atoms with E-state index in [0.717, 1.165) is 18.4 Å². The molecule has 1 amide bonds. The van der Waals surface area contributed by atoms with Crippen LogP contribution in [-0.4, -0.2) is 5.91 Å². The van der Waals surface area contributed by atoms with Crippen LogP contribution in [0.5, 0.6) is 0 Å². The van der Waals surface area contributed by atoms with Gasteiger partial charge in [0.15, 0.2) is 0 Å². The molecule has 0 aliphatic heterocycles. The van der Waals surface area contributed by atoms with Crippen molar-refractivity contribution >= 4 is 11.6 Å². The molecule has 0 heterocycles. The maximum Gasteiger partial charge on any atom is 0.228 e. The Morgan fingerprint density at radius 3 is 2.76 bits per heavy atom. The SMILES string of the molecule is Cc1ccc(NC(=O)Cc2ccc3c(c2)CCC3)cc1F. The normalized spacial score (nSPS) is 13.0. The van der Waals surface area contributed by atoms with Gasteiger partial charge in [0.2, 0.25) is 5.91 Å². The van der Waals surface area contributed by atoms with Gasteiger partial charge in [0.05, 0.1) is 6.42 Å². The van der Waals surface area contributed by atoms with E-state index >= 15 is 0 Å². The number of rotatable bonds is 3. The molecule has 0 radical (unpaired) electrons. The molecule has 108 valence electrons. The fraction of sp³-hybridized carbons (Fsp3) is 0.278. The molecule has 1 aliphatic rings. The first-order chi connectivity index (χ1) is 10.1. The Balaban J connectivity index is 1.67. The van der Waals surface area contributed by atoms with Crippen LogP contribution in [0.25, 0.3) is 0 Å². The minimum atomic E-state index is -0.301. The molecule has 0 saturated carbocycles. The largest absolute Gasteiger partial charge is 0.326 e. The molecular weight excluding hydrogens is 265 g/mol. The van der Waals surface area contributed by atoms with Gasteiger partial charge in [0, 0.05) is 5.69 Å². The minimum Gasteiger partial charge on any atom is -0.326 e. The molecular formula is C18H18FNO. The van der Waals surface area contributed by atoms with Crippen LogP contribution in [0.3, 0.4) is 0 Å². The first kappa shape index (κ1) is 13.8. The van der Waals surface area contributed by atoms with Crippen molar-refractivity contribution in [1.29, 1.82) is 0 Å². The maximum absolute atomic E-state index is 13.5. The van der Waals surface area contributed by atoms with E-state index < -0.39 is 0 Å². The maximum atomic E-state index is 13.5. The lowest BCUT2D eigenvalue weighted by atomic mass is 10.0. The second-order valence-electron chi connectivity index (χ2n) is 5.65. The van der Waals surface area contributed by atoms with Crippen molar-refractivity contribution < 1.29 is 9.18 Å². The Bertz CT molecular complexity index is 694. The number of hydrogen-bond donors (Lipinski definition) is 1. The summed E-state index contributed by atoms with van der Waals surface area (Å²) in [7, 11) is 0. The standard InChI is InChI=1S/C18H18FNO/c1-12-5-8-16(11-17(12)19)20-18(21)10-13-6-7-14-3-2-4-15(14)9-13/h5-9,11H,2-4,10H2,1H3,(H,20,21). The van der Waals surface area contributed by atoms with Gasteiger partial charge < -0.3 is 5.32 Å². The first-order valence-electron chi connectivity index (χ1n) is 7.28. The zero-order chi connectivity index (χ0) is 14.8. The molecule has 1 N–H and O–H groups in total. The number of fused-ring (bicyclic) bond motifs is 1. The van der Waals surface area contributed by atoms with Crippen molar-refractivity contribution in [2.45, 2.75) is 32.6 Å². The van der Waals surface area contributed by atoms with E-state index in [1.54, 1.807) is 19.1 Å². The van der Waals surface area contributed by atoms with E-state index in [0.29, 0.717) is 17.7 Å². The van der Waals surface area contributed by atoms with Gasteiger partial charge in [-0.2, -0.15) is 0 Å². The molecule has 3 rings (SSSR count). The summed E-state index contributed by atoms with van der Waals surface area (Å²) >= 11 is 0. The van der Waals surface area contributed by atoms with Crippen molar-refractivity contribution in [2.75, 3.05) is 5.32 Å². The number of amides is 1. The number of carbonyl (C=O) groups excluding carboxylic acids is 1. The number of hydrogen-bond acceptors (Lipinski definition) is 1. The molecule has 3 heteroatoms. The molecule has 0 atom stereocenters. The number of aryl methyl sites for hydroxylation is 3. The summed E-state index contributed by atoms with van der Waals surface area (Å²) in [5.41, 5.74) is 4.86. The summed E-state index contributed by atoms with van der Waals surface area (Å²) in [6.45, 7) is 1.70. The number of halogens is 1. The van der Waals surface area contributed by atoms with E-state index in [9.17, 15) is 9.18 Å². The van der Waals surface area contributed by atoms with Crippen LogP contribution in [0.1, 0.15) is 28.7 Å². The van der Waals surface area contributed by atoms with Crippen molar-refractivity contribution in [3.05, 3.63) is 64.5 Å². The van der Waals surface area contributed by atoms with E-state index in [1.807, 2.05) is 6.07 Å². The van der Waals surface area contributed by atoms with Gasteiger partial charge in [0.1, 0.15) is 5.82 Å². The Morgan fingerprint density at radius 2 is 1.95 bits per heavy atom. The molecule has 2 nitrogen and oxygen atoms in total. The highest BCUT2D eigenvalue weighted by Crippen LogP contribution is 2.23. The molecule has 2 aromatic carbocycles. The molecule has 2 aromatic rings. The predicted molar refractivity (Wildman–Crippen MR) is 81.9 cm³/mol. The third-order valence-electron chi connectivity index (χ3n) is 3.98. The van der Waals surface area contributed by atoms with Crippen molar-refractivity contribution in [3.8, 4) is 0 Å². The van der Waals surface area contributed by atoms with Crippen LogP contribution in [0, 0.1) is 12.7 Å². The minimum absolute atomic E-state index is 0.115. The third-order valence-corrected chi connectivity index (χ3v) is 3.98. The quantitative estimate of drug-likeness (QED) is 0.912. The predicted octanol–water partition coefficient (Wildman–Crippen LogP) is 3.80. The van der Waals surface area contributed by atoms with E-state index in [4.69, 9.17) is 0 Å². The van der Waals surface area contributed by atoms with Gasteiger partial charge in [-0.1, -0.05) is 24.3 Å². The van der Waals surface area contributed by atoms with Crippen molar-refractivity contribution in [3.63, 3.8) is 0 Å². The Kier molecular flexibility index (Phi) is 3.74. The number of carbonyl (C=O) groups is 1.